The van der Waals surface area contributed by atoms with Crippen molar-refractivity contribution in [1.29, 1.82) is 0 Å². The molecule has 4 unspecified atom stereocenters. The van der Waals surface area contributed by atoms with Gasteiger partial charge >= 0.3 is 6.18 Å². The maximum absolute atomic E-state index is 12.5. The van der Waals surface area contributed by atoms with E-state index in [1.807, 2.05) is 0 Å². The molecular formula is C13H13F3O6. The Hall–Kier alpha value is -1.90. The quantitative estimate of drug-likeness (QED) is 0.534. The van der Waals surface area contributed by atoms with Crippen molar-refractivity contribution >= 4 is 29.4 Å². The van der Waals surface area contributed by atoms with Crippen LogP contribution >= 0.6 is 0 Å². The molecule has 9 heteroatoms. The third kappa shape index (κ3) is 3.29. The molecule has 0 aliphatic heterocycles. The molecule has 1 rings (SSSR count). The fourth-order valence-corrected chi connectivity index (χ4v) is 2.13. The van der Waals surface area contributed by atoms with Gasteiger partial charge in [0.2, 0.25) is 0 Å². The summed E-state index contributed by atoms with van der Waals surface area (Å²) in [4.78, 5) is 58.2. The van der Waals surface area contributed by atoms with Gasteiger partial charge in [-0.2, -0.15) is 13.2 Å². The molecule has 0 amide bonds. The van der Waals surface area contributed by atoms with E-state index in [-0.39, 0.29) is 6.29 Å². The minimum absolute atomic E-state index is 0.0450. The number of Topliss-reactive ketones (excluding diaryl/α,β-unsaturated/α-hetero) is 4. The normalized spacial score (nSPS) is 27.7. The van der Waals surface area contributed by atoms with E-state index in [1.165, 1.54) is 0 Å². The first-order valence-corrected chi connectivity index (χ1v) is 6.24. The molecule has 1 fully saturated rings. The second-order valence-corrected chi connectivity index (χ2v) is 4.98. The SMILES string of the molecule is COC1C(=O)C(C=O)C(=O)C(C(=O)CC(C)C(F)(F)F)C1=O. The summed E-state index contributed by atoms with van der Waals surface area (Å²) in [6.07, 6.45) is -7.61. The lowest BCUT2D eigenvalue weighted by Gasteiger charge is -2.28. The Morgan fingerprint density at radius 3 is 2.18 bits per heavy atom. The maximum Gasteiger partial charge on any atom is 0.391 e. The standard InChI is InChI=1S/C13H13F3O6/c1-5(13(14,15)16)3-7(18)8-9(19)6(4-17)10(20)12(22-2)11(8)21/h4-6,8,12H,3H2,1-2H3. The van der Waals surface area contributed by atoms with Crippen LogP contribution in [0.5, 0.6) is 0 Å². The third-order valence-electron chi connectivity index (χ3n) is 3.46. The van der Waals surface area contributed by atoms with Gasteiger partial charge in [0.05, 0.1) is 5.92 Å². The van der Waals surface area contributed by atoms with Gasteiger partial charge in [-0.25, -0.2) is 0 Å². The van der Waals surface area contributed by atoms with Crippen molar-refractivity contribution in [2.75, 3.05) is 7.11 Å². The van der Waals surface area contributed by atoms with E-state index in [0.29, 0.717) is 0 Å². The van der Waals surface area contributed by atoms with Crippen molar-refractivity contribution in [3.8, 4) is 0 Å². The number of ether oxygens (including phenoxy) is 1. The van der Waals surface area contributed by atoms with Gasteiger partial charge in [-0.15, -0.1) is 0 Å². The molecule has 0 N–H and O–H groups in total. The second kappa shape index (κ2) is 6.47. The van der Waals surface area contributed by atoms with Crippen LogP contribution in [-0.4, -0.2) is 48.8 Å². The van der Waals surface area contributed by atoms with E-state index in [1.54, 1.807) is 0 Å². The molecule has 0 bridgehead atoms. The Labute approximate surface area is 123 Å². The van der Waals surface area contributed by atoms with Gasteiger partial charge in [0.25, 0.3) is 0 Å². The van der Waals surface area contributed by atoms with Crippen LogP contribution in [0.2, 0.25) is 0 Å². The maximum atomic E-state index is 12.5. The van der Waals surface area contributed by atoms with Crippen LogP contribution < -0.4 is 0 Å². The van der Waals surface area contributed by atoms with Crippen molar-refractivity contribution in [3.05, 3.63) is 0 Å². The van der Waals surface area contributed by atoms with Crippen LogP contribution in [0.3, 0.4) is 0 Å². The van der Waals surface area contributed by atoms with Gasteiger partial charge < -0.3 is 9.53 Å². The molecule has 0 radical (unpaired) electrons. The molecule has 4 atom stereocenters. The molecule has 1 aliphatic rings. The zero-order chi connectivity index (χ0) is 17.2. The van der Waals surface area contributed by atoms with Crippen LogP contribution in [0, 0.1) is 17.8 Å². The number of hydrogen-bond acceptors (Lipinski definition) is 6. The molecule has 0 aromatic heterocycles. The summed E-state index contributed by atoms with van der Waals surface area (Å²) in [7, 11) is 0.956. The summed E-state index contributed by atoms with van der Waals surface area (Å²) in [6, 6.07) is 0. The van der Waals surface area contributed by atoms with Crippen LogP contribution in [0.15, 0.2) is 0 Å². The molecule has 1 saturated carbocycles. The summed E-state index contributed by atoms with van der Waals surface area (Å²) < 4.78 is 41.9. The van der Waals surface area contributed by atoms with Crippen molar-refractivity contribution in [3.63, 3.8) is 0 Å². The van der Waals surface area contributed by atoms with Crippen LogP contribution in [0.25, 0.3) is 0 Å². The molecule has 6 nitrogen and oxygen atoms in total. The zero-order valence-electron chi connectivity index (χ0n) is 11.7. The number of alkyl halides is 3. The minimum Gasteiger partial charge on any atom is -0.366 e. The molecular weight excluding hydrogens is 309 g/mol. The first-order valence-electron chi connectivity index (χ1n) is 6.24. The Morgan fingerprint density at radius 2 is 1.77 bits per heavy atom. The smallest absolute Gasteiger partial charge is 0.366 e. The first-order chi connectivity index (χ1) is 10.1. The lowest BCUT2D eigenvalue weighted by Crippen LogP contribution is -2.55. The predicted octanol–water partition coefficient (Wildman–Crippen LogP) is 0.311. The number of hydrogen-bond donors (Lipinski definition) is 0. The Balaban J connectivity index is 3.07. The largest absolute Gasteiger partial charge is 0.391 e. The number of carbonyl (C=O) groups is 5. The molecule has 0 saturated heterocycles. The molecule has 122 valence electrons. The summed E-state index contributed by atoms with van der Waals surface area (Å²) >= 11 is 0. The fraction of sp³-hybridized carbons (Fsp3) is 0.615. The lowest BCUT2D eigenvalue weighted by molar-refractivity contribution is -0.176. The van der Waals surface area contributed by atoms with E-state index in [4.69, 9.17) is 0 Å². The number of aldehydes is 1. The minimum atomic E-state index is -4.67. The number of halogens is 3. The number of methoxy groups -OCH3 is 1. The third-order valence-corrected chi connectivity index (χ3v) is 3.46. The molecule has 22 heavy (non-hydrogen) atoms. The van der Waals surface area contributed by atoms with Gasteiger partial charge in [0.1, 0.15) is 18.1 Å². The fourth-order valence-electron chi connectivity index (χ4n) is 2.13. The number of ketones is 4. The van der Waals surface area contributed by atoms with E-state index >= 15 is 0 Å². The Kier molecular flexibility index (Phi) is 5.34. The van der Waals surface area contributed by atoms with Gasteiger partial charge in [-0.1, -0.05) is 6.92 Å². The molecule has 0 spiro atoms. The van der Waals surface area contributed by atoms with Gasteiger partial charge in [-0.3, -0.25) is 19.2 Å². The van der Waals surface area contributed by atoms with E-state index in [2.05, 4.69) is 4.74 Å². The highest BCUT2D eigenvalue weighted by Gasteiger charge is 2.53. The molecule has 0 heterocycles. The topological polar surface area (TPSA) is 94.6 Å². The highest BCUT2D eigenvalue weighted by atomic mass is 19.4. The van der Waals surface area contributed by atoms with E-state index in [9.17, 15) is 37.1 Å². The predicted molar refractivity (Wildman–Crippen MR) is 63.7 cm³/mol. The van der Waals surface area contributed by atoms with Crippen LogP contribution in [0.4, 0.5) is 13.2 Å². The summed E-state index contributed by atoms with van der Waals surface area (Å²) in [5, 5.41) is 0. The van der Waals surface area contributed by atoms with Gasteiger partial charge in [0, 0.05) is 13.5 Å². The number of rotatable bonds is 5. The van der Waals surface area contributed by atoms with Crippen molar-refractivity contribution < 1.29 is 41.9 Å². The highest BCUT2D eigenvalue weighted by Crippen LogP contribution is 2.31. The van der Waals surface area contributed by atoms with Crippen molar-refractivity contribution in [1.82, 2.24) is 0 Å². The highest BCUT2D eigenvalue weighted by molar-refractivity contribution is 6.37. The van der Waals surface area contributed by atoms with Crippen LogP contribution in [0.1, 0.15) is 13.3 Å². The summed E-state index contributed by atoms with van der Waals surface area (Å²) in [6.45, 7) is 0.728. The Morgan fingerprint density at radius 1 is 1.23 bits per heavy atom. The average Bonchev–Trinajstić information content (AvgIpc) is 2.38. The van der Waals surface area contributed by atoms with Crippen LogP contribution in [-0.2, 0) is 28.7 Å². The average molecular weight is 322 g/mol. The van der Waals surface area contributed by atoms with E-state index < -0.39 is 59.6 Å². The summed E-state index contributed by atoms with van der Waals surface area (Å²) in [5.41, 5.74) is 0. The van der Waals surface area contributed by atoms with Gasteiger partial charge in [-0.05, 0) is 0 Å². The van der Waals surface area contributed by atoms with Crippen molar-refractivity contribution in [2.45, 2.75) is 25.6 Å². The molecule has 0 aromatic rings. The van der Waals surface area contributed by atoms with Gasteiger partial charge in [0.15, 0.2) is 29.2 Å². The van der Waals surface area contributed by atoms with Crippen molar-refractivity contribution in [2.24, 2.45) is 17.8 Å². The second-order valence-electron chi connectivity index (χ2n) is 4.98. The Bertz CT molecular complexity index is 524. The number of carbonyl (C=O) groups excluding carboxylic acids is 5. The molecule has 0 aromatic carbocycles. The van der Waals surface area contributed by atoms with E-state index in [0.717, 1.165) is 14.0 Å². The summed E-state index contributed by atoms with van der Waals surface area (Å²) in [5.74, 6) is -10.9. The zero-order valence-corrected chi connectivity index (χ0v) is 11.7. The lowest BCUT2D eigenvalue weighted by atomic mass is 9.74. The molecule has 1 aliphatic carbocycles. The monoisotopic (exact) mass is 322 g/mol. The first kappa shape index (κ1) is 18.1.